The molecule has 2 heterocycles. The van der Waals surface area contributed by atoms with E-state index in [0.29, 0.717) is 18.0 Å². The monoisotopic (exact) mass is 270 g/mol. The molecule has 6 nitrogen and oxygen atoms in total. The second kappa shape index (κ2) is 5.90. The normalized spacial score (nSPS) is 19.8. The number of carbonyl (C=O) groups excluding carboxylic acids is 1. The molecule has 1 fully saturated rings. The number of rotatable bonds is 4. The molecule has 0 aliphatic carbocycles. The molecule has 0 bridgehead atoms. The summed E-state index contributed by atoms with van der Waals surface area (Å²) >= 11 is 1.68. The van der Waals surface area contributed by atoms with Crippen LogP contribution in [-0.4, -0.2) is 51.1 Å². The van der Waals surface area contributed by atoms with Crippen molar-refractivity contribution in [2.45, 2.75) is 18.9 Å². The van der Waals surface area contributed by atoms with Crippen LogP contribution in [0, 0.1) is 0 Å². The van der Waals surface area contributed by atoms with Crippen LogP contribution in [0.4, 0.5) is 0 Å². The minimum atomic E-state index is -0.873. The first kappa shape index (κ1) is 12.9. The van der Waals surface area contributed by atoms with Crippen LogP contribution < -0.4 is 0 Å². The van der Waals surface area contributed by atoms with Gasteiger partial charge >= 0.3 is 5.97 Å². The van der Waals surface area contributed by atoms with Crippen molar-refractivity contribution in [3.63, 3.8) is 0 Å². The highest BCUT2D eigenvalue weighted by Crippen LogP contribution is 2.20. The van der Waals surface area contributed by atoms with Gasteiger partial charge in [0.1, 0.15) is 6.26 Å². The van der Waals surface area contributed by atoms with Crippen molar-refractivity contribution in [1.82, 2.24) is 10.1 Å². The van der Waals surface area contributed by atoms with Crippen molar-refractivity contribution >= 4 is 23.6 Å². The number of aromatic nitrogens is 1. The van der Waals surface area contributed by atoms with Gasteiger partial charge in [-0.2, -0.15) is 11.8 Å². The molecule has 98 valence electrons. The lowest BCUT2D eigenvalue weighted by atomic mass is 10.1. The van der Waals surface area contributed by atoms with Gasteiger partial charge in [0.15, 0.2) is 0 Å². The van der Waals surface area contributed by atoms with E-state index in [-0.39, 0.29) is 24.8 Å². The molecule has 1 unspecified atom stereocenters. The lowest BCUT2D eigenvalue weighted by molar-refractivity contribution is -0.140. The summed E-state index contributed by atoms with van der Waals surface area (Å²) < 4.78 is 4.68. The standard InChI is InChI=1S/C11H14N2O4S/c14-10(5-8-1-3-17-12-8)13-2-4-18-7-9(13)6-11(15)16/h1,3,9H,2,4-7H2,(H,15,16). The van der Waals surface area contributed by atoms with Gasteiger partial charge in [0.05, 0.1) is 24.6 Å². The second-order valence-corrected chi connectivity index (χ2v) is 5.23. The summed E-state index contributed by atoms with van der Waals surface area (Å²) in [6.07, 6.45) is 1.58. The predicted molar refractivity (Wildman–Crippen MR) is 65.3 cm³/mol. The van der Waals surface area contributed by atoms with E-state index >= 15 is 0 Å². The molecule has 1 aliphatic rings. The molecule has 0 spiro atoms. The molecular formula is C11H14N2O4S. The molecule has 1 aromatic heterocycles. The van der Waals surface area contributed by atoms with Crippen LogP contribution in [0.5, 0.6) is 0 Å². The van der Waals surface area contributed by atoms with Crippen LogP contribution >= 0.6 is 11.8 Å². The zero-order chi connectivity index (χ0) is 13.0. The highest BCUT2D eigenvalue weighted by molar-refractivity contribution is 7.99. The number of amides is 1. The van der Waals surface area contributed by atoms with Crippen molar-refractivity contribution in [2.75, 3.05) is 18.1 Å². The topological polar surface area (TPSA) is 83.6 Å². The Morgan fingerprint density at radius 1 is 1.61 bits per heavy atom. The van der Waals surface area contributed by atoms with Gasteiger partial charge in [0.25, 0.3) is 0 Å². The quantitative estimate of drug-likeness (QED) is 0.864. The van der Waals surface area contributed by atoms with Crippen molar-refractivity contribution in [3.8, 4) is 0 Å². The number of carboxylic acids is 1. The number of thioether (sulfide) groups is 1. The van der Waals surface area contributed by atoms with Gasteiger partial charge in [-0.3, -0.25) is 9.59 Å². The first-order chi connectivity index (χ1) is 8.66. The van der Waals surface area contributed by atoms with Gasteiger partial charge in [-0.05, 0) is 0 Å². The molecule has 1 aliphatic heterocycles. The minimum absolute atomic E-state index is 0.00243. The third-order valence-electron chi connectivity index (χ3n) is 2.78. The van der Waals surface area contributed by atoms with Gasteiger partial charge in [-0.15, -0.1) is 0 Å². The number of aliphatic carboxylic acids is 1. The highest BCUT2D eigenvalue weighted by Gasteiger charge is 2.28. The van der Waals surface area contributed by atoms with E-state index in [1.165, 1.54) is 6.26 Å². The molecule has 1 atom stereocenters. The highest BCUT2D eigenvalue weighted by atomic mass is 32.2. The summed E-state index contributed by atoms with van der Waals surface area (Å²) in [6.45, 7) is 0.597. The maximum Gasteiger partial charge on any atom is 0.305 e. The zero-order valence-electron chi connectivity index (χ0n) is 9.74. The Hall–Kier alpha value is -1.50. The SMILES string of the molecule is O=C(O)CC1CSCCN1C(=O)Cc1ccon1. The second-order valence-electron chi connectivity index (χ2n) is 4.08. The molecule has 0 aromatic carbocycles. The molecule has 1 aromatic rings. The molecule has 7 heteroatoms. The lowest BCUT2D eigenvalue weighted by Crippen LogP contribution is -2.47. The Morgan fingerprint density at radius 2 is 2.44 bits per heavy atom. The first-order valence-corrected chi connectivity index (χ1v) is 6.80. The number of hydrogen-bond acceptors (Lipinski definition) is 5. The van der Waals surface area contributed by atoms with Crippen LogP contribution in [0.15, 0.2) is 16.9 Å². The average Bonchev–Trinajstić information content (AvgIpc) is 2.81. The van der Waals surface area contributed by atoms with Gasteiger partial charge in [0.2, 0.25) is 5.91 Å². The van der Waals surface area contributed by atoms with Crippen molar-refractivity contribution in [3.05, 3.63) is 18.0 Å². The number of carboxylic acid groups (broad SMARTS) is 1. The van der Waals surface area contributed by atoms with Crippen LogP contribution in [0.2, 0.25) is 0 Å². The summed E-state index contributed by atoms with van der Waals surface area (Å²) in [5.41, 5.74) is 0.576. The Bertz CT molecular complexity index is 421. The third-order valence-corrected chi connectivity index (χ3v) is 3.87. The van der Waals surface area contributed by atoms with Crippen molar-refractivity contribution < 1.29 is 19.2 Å². The van der Waals surface area contributed by atoms with Gasteiger partial charge in [-0.1, -0.05) is 5.16 Å². The van der Waals surface area contributed by atoms with E-state index in [4.69, 9.17) is 5.11 Å². The zero-order valence-corrected chi connectivity index (χ0v) is 10.6. The molecule has 0 radical (unpaired) electrons. The summed E-state index contributed by atoms with van der Waals surface area (Å²) in [4.78, 5) is 24.5. The van der Waals surface area contributed by atoms with E-state index in [1.54, 1.807) is 22.7 Å². The Kier molecular flexibility index (Phi) is 4.24. The Balaban J connectivity index is 1.99. The molecular weight excluding hydrogens is 256 g/mol. The van der Waals surface area contributed by atoms with Gasteiger partial charge < -0.3 is 14.5 Å². The smallest absolute Gasteiger partial charge is 0.305 e. The summed E-state index contributed by atoms with van der Waals surface area (Å²) in [6, 6.07) is 1.42. The molecule has 1 N–H and O–H groups in total. The molecule has 18 heavy (non-hydrogen) atoms. The average molecular weight is 270 g/mol. The molecule has 1 saturated heterocycles. The summed E-state index contributed by atoms with van der Waals surface area (Å²) in [7, 11) is 0. The van der Waals surface area contributed by atoms with E-state index < -0.39 is 5.97 Å². The van der Waals surface area contributed by atoms with Crippen LogP contribution in [0.1, 0.15) is 12.1 Å². The van der Waals surface area contributed by atoms with Crippen molar-refractivity contribution in [1.29, 1.82) is 0 Å². The fourth-order valence-electron chi connectivity index (χ4n) is 1.94. The van der Waals surface area contributed by atoms with Crippen molar-refractivity contribution in [2.24, 2.45) is 0 Å². The molecule has 1 amide bonds. The van der Waals surface area contributed by atoms with E-state index in [0.717, 1.165) is 5.75 Å². The lowest BCUT2D eigenvalue weighted by Gasteiger charge is -2.34. The van der Waals surface area contributed by atoms with Gasteiger partial charge in [-0.25, -0.2) is 0 Å². The Labute approximate surface area is 108 Å². The number of carbonyl (C=O) groups is 2. The maximum absolute atomic E-state index is 12.1. The minimum Gasteiger partial charge on any atom is -0.481 e. The largest absolute Gasteiger partial charge is 0.481 e. The van der Waals surface area contributed by atoms with Crippen LogP contribution in [0.3, 0.4) is 0 Å². The molecule has 2 rings (SSSR count). The van der Waals surface area contributed by atoms with E-state index in [2.05, 4.69) is 9.68 Å². The van der Waals surface area contributed by atoms with Gasteiger partial charge in [0, 0.05) is 24.1 Å². The first-order valence-electron chi connectivity index (χ1n) is 5.65. The Morgan fingerprint density at radius 3 is 3.11 bits per heavy atom. The summed E-state index contributed by atoms with van der Waals surface area (Å²) in [5.74, 6) is 0.564. The van der Waals surface area contributed by atoms with E-state index in [1.807, 2.05) is 0 Å². The predicted octanol–water partition coefficient (Wildman–Crippen LogP) is 0.636. The fraction of sp³-hybridized carbons (Fsp3) is 0.545. The maximum atomic E-state index is 12.1. The number of nitrogens with zero attached hydrogens (tertiary/aromatic N) is 2. The van der Waals surface area contributed by atoms with E-state index in [9.17, 15) is 9.59 Å². The number of hydrogen-bond donors (Lipinski definition) is 1. The third kappa shape index (κ3) is 3.25. The summed E-state index contributed by atoms with van der Waals surface area (Å²) in [5, 5.41) is 12.5. The molecule has 0 saturated carbocycles. The van der Waals surface area contributed by atoms with Crippen LogP contribution in [0.25, 0.3) is 0 Å². The fourth-order valence-corrected chi connectivity index (χ4v) is 3.00. The van der Waals surface area contributed by atoms with Crippen LogP contribution in [-0.2, 0) is 16.0 Å².